The summed E-state index contributed by atoms with van der Waals surface area (Å²) in [5.74, 6) is -0.713. The highest BCUT2D eigenvalue weighted by Crippen LogP contribution is 2.26. The number of carbonyl (C=O) groups excluding carboxylic acids is 2. The second-order valence-corrected chi connectivity index (χ2v) is 5.14. The molecule has 2 aromatic rings. The van der Waals surface area contributed by atoms with E-state index in [1.807, 2.05) is 0 Å². The van der Waals surface area contributed by atoms with Crippen LogP contribution in [-0.2, 0) is 4.74 Å². The Morgan fingerprint density at radius 2 is 1.83 bits per heavy atom. The molecule has 0 spiro atoms. The SMILES string of the molecule is COc1ccc(O)c(C(=O)OCC(=O)c2ccc(OC)c(Cl)c2)c1. The highest BCUT2D eigenvalue weighted by molar-refractivity contribution is 6.32. The molecule has 0 heterocycles. The van der Waals surface area contributed by atoms with Crippen molar-refractivity contribution in [3.05, 3.63) is 52.5 Å². The number of phenolic OH excluding ortho intramolecular Hbond substituents is 1. The van der Waals surface area contributed by atoms with Crippen LogP contribution in [0.4, 0.5) is 0 Å². The molecule has 0 saturated carbocycles. The molecule has 0 fully saturated rings. The number of Topliss-reactive ketones (excluding diaryl/α,β-unsaturated/α-hetero) is 1. The average Bonchev–Trinajstić information content (AvgIpc) is 2.59. The molecule has 0 amide bonds. The Labute approximate surface area is 143 Å². The molecule has 0 radical (unpaired) electrons. The molecular weight excluding hydrogens is 336 g/mol. The Hall–Kier alpha value is -2.73. The maximum Gasteiger partial charge on any atom is 0.342 e. The summed E-state index contributed by atoms with van der Waals surface area (Å²) in [6, 6.07) is 8.62. The number of esters is 1. The standard InChI is InChI=1S/C17H15ClO6/c1-22-11-4-5-14(19)12(8-11)17(21)24-9-15(20)10-3-6-16(23-2)13(18)7-10/h3-8,19H,9H2,1-2H3. The fourth-order valence-corrected chi connectivity index (χ4v) is 2.20. The molecule has 2 aromatic carbocycles. The minimum atomic E-state index is -0.834. The first-order chi connectivity index (χ1) is 11.5. The fraction of sp³-hybridized carbons (Fsp3) is 0.176. The smallest absolute Gasteiger partial charge is 0.342 e. The lowest BCUT2D eigenvalue weighted by Gasteiger charge is -2.08. The monoisotopic (exact) mass is 350 g/mol. The highest BCUT2D eigenvalue weighted by atomic mass is 35.5. The van der Waals surface area contributed by atoms with E-state index < -0.39 is 18.4 Å². The van der Waals surface area contributed by atoms with Crippen molar-refractivity contribution < 1.29 is 28.9 Å². The van der Waals surface area contributed by atoms with E-state index in [1.165, 1.54) is 44.6 Å². The van der Waals surface area contributed by atoms with Crippen LogP contribution in [0, 0.1) is 0 Å². The molecule has 126 valence electrons. The maximum absolute atomic E-state index is 12.1. The van der Waals surface area contributed by atoms with Crippen molar-refractivity contribution in [2.75, 3.05) is 20.8 Å². The first kappa shape index (κ1) is 17.6. The van der Waals surface area contributed by atoms with Gasteiger partial charge in [0.15, 0.2) is 12.4 Å². The van der Waals surface area contributed by atoms with Crippen LogP contribution in [0.15, 0.2) is 36.4 Å². The average molecular weight is 351 g/mol. The number of halogens is 1. The van der Waals surface area contributed by atoms with E-state index in [0.717, 1.165) is 0 Å². The molecular formula is C17H15ClO6. The minimum Gasteiger partial charge on any atom is -0.507 e. The second kappa shape index (κ2) is 7.70. The van der Waals surface area contributed by atoms with Crippen molar-refractivity contribution in [1.29, 1.82) is 0 Å². The van der Waals surface area contributed by atoms with Gasteiger partial charge in [0.2, 0.25) is 0 Å². The number of ether oxygens (including phenoxy) is 3. The third kappa shape index (κ3) is 3.97. The number of aromatic hydroxyl groups is 1. The van der Waals surface area contributed by atoms with E-state index >= 15 is 0 Å². The van der Waals surface area contributed by atoms with Crippen molar-refractivity contribution in [3.8, 4) is 17.2 Å². The largest absolute Gasteiger partial charge is 0.507 e. The first-order valence-corrected chi connectivity index (χ1v) is 7.25. The van der Waals surface area contributed by atoms with Crippen LogP contribution in [0.1, 0.15) is 20.7 Å². The van der Waals surface area contributed by atoms with Gasteiger partial charge < -0.3 is 19.3 Å². The van der Waals surface area contributed by atoms with Crippen molar-refractivity contribution >= 4 is 23.4 Å². The molecule has 0 aromatic heterocycles. The summed E-state index contributed by atoms with van der Waals surface area (Å²) in [4.78, 5) is 24.1. The minimum absolute atomic E-state index is 0.0880. The lowest BCUT2D eigenvalue weighted by atomic mass is 10.1. The van der Waals surface area contributed by atoms with Crippen molar-refractivity contribution in [2.45, 2.75) is 0 Å². The van der Waals surface area contributed by atoms with Gasteiger partial charge in [-0.05, 0) is 36.4 Å². The van der Waals surface area contributed by atoms with Crippen LogP contribution in [0.25, 0.3) is 0 Å². The van der Waals surface area contributed by atoms with Gasteiger partial charge in [-0.1, -0.05) is 11.6 Å². The third-order valence-corrected chi connectivity index (χ3v) is 3.53. The molecule has 0 aliphatic heterocycles. The second-order valence-electron chi connectivity index (χ2n) is 4.73. The molecule has 24 heavy (non-hydrogen) atoms. The summed E-state index contributed by atoms with van der Waals surface area (Å²) in [6.07, 6.45) is 0. The molecule has 0 aliphatic carbocycles. The van der Waals surface area contributed by atoms with Crippen LogP contribution >= 0.6 is 11.6 Å². The first-order valence-electron chi connectivity index (χ1n) is 6.87. The fourth-order valence-electron chi connectivity index (χ4n) is 1.94. The van der Waals surface area contributed by atoms with Crippen LogP contribution in [0.3, 0.4) is 0 Å². The van der Waals surface area contributed by atoms with E-state index in [0.29, 0.717) is 11.5 Å². The van der Waals surface area contributed by atoms with E-state index in [2.05, 4.69) is 0 Å². The van der Waals surface area contributed by atoms with Gasteiger partial charge >= 0.3 is 5.97 Å². The molecule has 0 aliphatic rings. The molecule has 1 N–H and O–H groups in total. The van der Waals surface area contributed by atoms with Gasteiger partial charge in [-0.3, -0.25) is 4.79 Å². The number of methoxy groups -OCH3 is 2. The third-order valence-electron chi connectivity index (χ3n) is 3.23. The van der Waals surface area contributed by atoms with Gasteiger partial charge in [-0.15, -0.1) is 0 Å². The summed E-state index contributed by atoms with van der Waals surface area (Å²) in [7, 11) is 2.89. The highest BCUT2D eigenvalue weighted by Gasteiger charge is 2.17. The molecule has 0 atom stereocenters. The van der Waals surface area contributed by atoms with Crippen molar-refractivity contribution in [3.63, 3.8) is 0 Å². The molecule has 0 bridgehead atoms. The predicted molar refractivity (Wildman–Crippen MR) is 87.3 cm³/mol. The number of phenols is 1. The molecule has 0 unspecified atom stereocenters. The van der Waals surface area contributed by atoms with Crippen LogP contribution in [0.2, 0.25) is 5.02 Å². The van der Waals surface area contributed by atoms with E-state index in [4.69, 9.17) is 25.8 Å². The van der Waals surface area contributed by atoms with Gasteiger partial charge in [0.1, 0.15) is 22.8 Å². The lowest BCUT2D eigenvalue weighted by molar-refractivity contribution is 0.0471. The Morgan fingerprint density at radius 1 is 1.08 bits per heavy atom. The number of rotatable bonds is 6. The maximum atomic E-state index is 12.1. The van der Waals surface area contributed by atoms with Crippen LogP contribution < -0.4 is 9.47 Å². The van der Waals surface area contributed by atoms with E-state index in [-0.39, 0.29) is 21.9 Å². The number of ketones is 1. The van der Waals surface area contributed by atoms with E-state index in [1.54, 1.807) is 6.07 Å². The van der Waals surface area contributed by atoms with Gasteiger partial charge in [0.05, 0.1) is 19.2 Å². The number of carbonyl (C=O) groups is 2. The molecule has 7 heteroatoms. The zero-order valence-electron chi connectivity index (χ0n) is 13.0. The zero-order valence-corrected chi connectivity index (χ0v) is 13.8. The number of hydrogen-bond donors (Lipinski definition) is 1. The predicted octanol–water partition coefficient (Wildman–Crippen LogP) is 3.10. The van der Waals surface area contributed by atoms with E-state index in [9.17, 15) is 14.7 Å². The lowest BCUT2D eigenvalue weighted by Crippen LogP contribution is -2.14. The Balaban J connectivity index is 2.06. The topological polar surface area (TPSA) is 82.1 Å². The summed E-state index contributed by atoms with van der Waals surface area (Å²) in [6.45, 7) is -0.488. The van der Waals surface area contributed by atoms with Gasteiger partial charge in [0, 0.05) is 5.56 Å². The van der Waals surface area contributed by atoms with Crippen molar-refractivity contribution in [1.82, 2.24) is 0 Å². The van der Waals surface area contributed by atoms with Gasteiger partial charge in [0.25, 0.3) is 0 Å². The van der Waals surface area contributed by atoms with Gasteiger partial charge in [-0.25, -0.2) is 4.79 Å². The molecule has 0 saturated heterocycles. The van der Waals surface area contributed by atoms with Crippen LogP contribution in [0.5, 0.6) is 17.2 Å². The molecule has 6 nitrogen and oxygen atoms in total. The van der Waals surface area contributed by atoms with Crippen LogP contribution in [-0.4, -0.2) is 37.7 Å². The Kier molecular flexibility index (Phi) is 5.65. The zero-order chi connectivity index (χ0) is 17.7. The number of benzene rings is 2. The number of hydrogen-bond acceptors (Lipinski definition) is 6. The summed E-state index contributed by atoms with van der Waals surface area (Å²) in [5.41, 5.74) is 0.193. The normalized spacial score (nSPS) is 10.1. The quantitative estimate of drug-likeness (QED) is 0.636. The Bertz CT molecular complexity index is 772. The van der Waals surface area contributed by atoms with Crippen molar-refractivity contribution in [2.24, 2.45) is 0 Å². The molecule has 2 rings (SSSR count). The summed E-state index contributed by atoms with van der Waals surface area (Å²) in [5, 5.41) is 9.98. The van der Waals surface area contributed by atoms with Gasteiger partial charge in [-0.2, -0.15) is 0 Å². The summed E-state index contributed by atoms with van der Waals surface area (Å²) < 4.78 is 14.9. The summed E-state index contributed by atoms with van der Waals surface area (Å²) >= 11 is 5.95. The Morgan fingerprint density at radius 3 is 2.46 bits per heavy atom.